The number of hydrogen-bond donors (Lipinski definition) is 1. The van der Waals surface area contributed by atoms with Crippen LogP contribution in [0.4, 0.5) is 36.4 Å². The summed E-state index contributed by atoms with van der Waals surface area (Å²) in [6.45, 7) is 0. The van der Waals surface area contributed by atoms with Crippen molar-refractivity contribution in [2.75, 3.05) is 5.32 Å². The number of anilines is 1. The zero-order valence-corrected chi connectivity index (χ0v) is 10.8. The van der Waals surface area contributed by atoms with Crippen molar-refractivity contribution in [2.45, 2.75) is 6.18 Å². The monoisotopic (exact) mass is 339 g/mol. The molecule has 0 aliphatic rings. The second-order valence-electron chi connectivity index (χ2n) is 4.15. The molecular weight excluding hydrogens is 331 g/mol. The lowest BCUT2D eigenvalue weighted by atomic mass is 10.1. The number of rotatable bonds is 2. The second kappa shape index (κ2) is 5.90. The second-order valence-corrected chi connectivity index (χ2v) is 4.15. The molecule has 0 spiro atoms. The minimum Gasteiger partial charge on any atom is -0.317 e. The number of amides is 1. The molecule has 0 atom stereocenters. The fourth-order valence-electron chi connectivity index (χ4n) is 1.65. The van der Waals surface area contributed by atoms with E-state index in [4.69, 9.17) is 2.74 Å². The maximum Gasteiger partial charge on any atom is 0.422 e. The third-order valence-electron chi connectivity index (χ3n) is 2.66. The third-order valence-corrected chi connectivity index (χ3v) is 2.66. The van der Waals surface area contributed by atoms with Crippen LogP contribution in [0.1, 0.15) is 18.7 Å². The maximum atomic E-state index is 13.7. The molecule has 2 rings (SSSR count). The molecule has 0 bridgehead atoms. The Morgan fingerprint density at radius 3 is 1.83 bits per heavy atom. The highest BCUT2D eigenvalue weighted by Gasteiger charge is 2.42. The standard InChI is InChI=1S/C14H6F7NO/c15-8-7(14(19,20)21)9(16)11(18)12(10(8)17)22-13(23)6-4-2-1-3-5-6/h1-5H,(H,22,23)/i4D,5D. The van der Waals surface area contributed by atoms with E-state index in [9.17, 15) is 35.5 Å². The van der Waals surface area contributed by atoms with Crippen LogP contribution in [-0.2, 0) is 6.18 Å². The molecule has 122 valence electrons. The molecule has 0 aromatic heterocycles. The van der Waals surface area contributed by atoms with Gasteiger partial charge in [0.25, 0.3) is 5.91 Å². The van der Waals surface area contributed by atoms with Crippen LogP contribution in [0.2, 0.25) is 0 Å². The van der Waals surface area contributed by atoms with Gasteiger partial charge < -0.3 is 5.32 Å². The van der Waals surface area contributed by atoms with Crippen molar-refractivity contribution in [2.24, 2.45) is 0 Å². The van der Waals surface area contributed by atoms with Gasteiger partial charge in [-0.1, -0.05) is 18.2 Å². The summed E-state index contributed by atoms with van der Waals surface area (Å²) in [7, 11) is 0. The predicted molar refractivity (Wildman–Crippen MR) is 65.7 cm³/mol. The Balaban J connectivity index is 2.57. The Labute approximate surface area is 127 Å². The van der Waals surface area contributed by atoms with E-state index < -0.39 is 64.3 Å². The molecule has 0 aliphatic heterocycles. The number of hydrogen-bond acceptors (Lipinski definition) is 1. The van der Waals surface area contributed by atoms with Crippen LogP contribution < -0.4 is 5.32 Å². The van der Waals surface area contributed by atoms with Gasteiger partial charge in [0, 0.05) is 5.56 Å². The van der Waals surface area contributed by atoms with Crippen molar-refractivity contribution in [3.8, 4) is 0 Å². The number of halogens is 7. The summed E-state index contributed by atoms with van der Waals surface area (Å²) >= 11 is 0. The largest absolute Gasteiger partial charge is 0.422 e. The number of nitrogens with one attached hydrogen (secondary N) is 1. The zero-order chi connectivity index (χ0) is 19.1. The number of carbonyl (C=O) groups excluding carboxylic acids is 1. The van der Waals surface area contributed by atoms with E-state index in [1.54, 1.807) is 0 Å². The summed E-state index contributed by atoms with van der Waals surface area (Å²) in [6, 6.07) is 2.23. The van der Waals surface area contributed by atoms with Gasteiger partial charge in [-0.2, -0.15) is 13.2 Å². The van der Waals surface area contributed by atoms with Gasteiger partial charge in [0.15, 0.2) is 23.3 Å². The smallest absolute Gasteiger partial charge is 0.317 e. The van der Waals surface area contributed by atoms with Crippen molar-refractivity contribution in [3.63, 3.8) is 0 Å². The van der Waals surface area contributed by atoms with Crippen molar-refractivity contribution in [3.05, 3.63) is 64.7 Å². The normalized spacial score (nSPS) is 12.7. The fraction of sp³-hybridized carbons (Fsp3) is 0.0714. The fourth-order valence-corrected chi connectivity index (χ4v) is 1.65. The van der Waals surface area contributed by atoms with E-state index >= 15 is 0 Å². The lowest BCUT2D eigenvalue weighted by molar-refractivity contribution is -0.143. The SMILES string of the molecule is [2H]c1cccc([2H])c1C(=O)Nc1c(F)c(F)c(C(F)(F)F)c(F)c1F. The van der Waals surface area contributed by atoms with Gasteiger partial charge >= 0.3 is 6.18 Å². The van der Waals surface area contributed by atoms with E-state index in [2.05, 4.69) is 0 Å². The summed E-state index contributed by atoms with van der Waals surface area (Å²) in [5.41, 5.74) is -5.26. The van der Waals surface area contributed by atoms with E-state index in [0.29, 0.717) is 0 Å². The van der Waals surface area contributed by atoms with Crippen LogP contribution in [0.25, 0.3) is 0 Å². The Kier molecular flexibility index (Phi) is 3.60. The molecule has 2 aromatic carbocycles. The number of benzene rings is 2. The molecule has 0 saturated carbocycles. The first-order valence-corrected chi connectivity index (χ1v) is 5.77. The quantitative estimate of drug-likeness (QED) is 0.633. The molecule has 1 amide bonds. The first-order valence-electron chi connectivity index (χ1n) is 6.77. The van der Waals surface area contributed by atoms with E-state index in [0.717, 1.165) is 12.1 Å². The molecule has 2 nitrogen and oxygen atoms in total. The summed E-state index contributed by atoms with van der Waals surface area (Å²) < 4.78 is 107. The minimum absolute atomic E-state index is 0.543. The van der Waals surface area contributed by atoms with Crippen LogP contribution in [0.15, 0.2) is 30.3 Å². The van der Waals surface area contributed by atoms with Crippen LogP contribution >= 0.6 is 0 Å². The van der Waals surface area contributed by atoms with Gasteiger partial charge in [-0.05, 0) is 12.1 Å². The Morgan fingerprint density at radius 2 is 1.39 bits per heavy atom. The van der Waals surface area contributed by atoms with Crippen molar-refractivity contribution in [1.29, 1.82) is 0 Å². The summed E-state index contributed by atoms with van der Waals surface area (Å²) in [5.74, 6) is -11.9. The first kappa shape index (κ1) is 14.0. The van der Waals surface area contributed by atoms with Crippen LogP contribution in [-0.4, -0.2) is 5.91 Å². The maximum absolute atomic E-state index is 13.7. The Morgan fingerprint density at radius 1 is 0.913 bits per heavy atom. The molecule has 0 unspecified atom stereocenters. The lowest BCUT2D eigenvalue weighted by Crippen LogP contribution is -2.20. The summed E-state index contributed by atoms with van der Waals surface area (Å²) in [5, 5.41) is 1.36. The molecule has 1 N–H and O–H groups in total. The van der Waals surface area contributed by atoms with Gasteiger partial charge in [0.2, 0.25) is 0 Å². The predicted octanol–water partition coefficient (Wildman–Crippen LogP) is 4.51. The molecule has 0 heterocycles. The van der Waals surface area contributed by atoms with Crippen LogP contribution in [0.5, 0.6) is 0 Å². The molecule has 0 fully saturated rings. The van der Waals surface area contributed by atoms with Crippen LogP contribution in [0.3, 0.4) is 0 Å². The highest BCUT2D eigenvalue weighted by atomic mass is 19.4. The average Bonchev–Trinajstić information content (AvgIpc) is 2.48. The van der Waals surface area contributed by atoms with E-state index in [1.807, 2.05) is 0 Å². The zero-order valence-electron chi connectivity index (χ0n) is 12.8. The van der Waals surface area contributed by atoms with E-state index in [1.165, 1.54) is 11.4 Å². The highest BCUT2D eigenvalue weighted by molar-refractivity contribution is 6.04. The van der Waals surface area contributed by atoms with Gasteiger partial charge in [-0.25, -0.2) is 17.6 Å². The molecular formula is C14H6F7NO. The van der Waals surface area contributed by atoms with Crippen molar-refractivity contribution >= 4 is 11.6 Å². The average molecular weight is 339 g/mol. The third kappa shape index (κ3) is 3.13. The first-order chi connectivity index (χ1) is 11.5. The molecule has 0 aliphatic carbocycles. The summed E-state index contributed by atoms with van der Waals surface area (Å²) in [6.07, 6.45) is -5.71. The molecule has 9 heteroatoms. The molecule has 2 aromatic rings. The van der Waals surface area contributed by atoms with Crippen molar-refractivity contribution < 1.29 is 38.3 Å². The van der Waals surface area contributed by atoms with Gasteiger partial charge in [0.1, 0.15) is 11.3 Å². The van der Waals surface area contributed by atoms with Crippen LogP contribution in [0, 0.1) is 23.3 Å². The van der Waals surface area contributed by atoms with Gasteiger partial charge in [0.05, 0.1) is 2.74 Å². The summed E-state index contributed by atoms with van der Waals surface area (Å²) in [4.78, 5) is 11.9. The topological polar surface area (TPSA) is 29.1 Å². The molecule has 0 saturated heterocycles. The molecule has 0 radical (unpaired) electrons. The lowest BCUT2D eigenvalue weighted by Gasteiger charge is -2.14. The Bertz CT molecular complexity index is 818. The Hall–Kier alpha value is -2.58. The van der Waals surface area contributed by atoms with Crippen molar-refractivity contribution in [1.82, 2.24) is 0 Å². The highest BCUT2D eigenvalue weighted by Crippen LogP contribution is 2.38. The molecule has 23 heavy (non-hydrogen) atoms. The van der Waals surface area contributed by atoms with E-state index in [-0.39, 0.29) is 0 Å². The minimum atomic E-state index is -5.71. The van der Waals surface area contributed by atoms with Gasteiger partial charge in [-0.3, -0.25) is 4.79 Å². The number of alkyl halides is 3. The number of carbonyl (C=O) groups is 1. The van der Waals surface area contributed by atoms with Gasteiger partial charge in [-0.15, -0.1) is 0 Å².